The summed E-state index contributed by atoms with van der Waals surface area (Å²) < 4.78 is 37.8. The van der Waals surface area contributed by atoms with Crippen molar-refractivity contribution in [2.45, 2.75) is 82.1 Å². The van der Waals surface area contributed by atoms with Crippen molar-refractivity contribution in [3.8, 4) is 5.75 Å². The number of anilines is 1. The fourth-order valence-corrected chi connectivity index (χ4v) is 6.31. The molecule has 0 radical (unpaired) electrons. The molecule has 1 aliphatic carbocycles. The summed E-state index contributed by atoms with van der Waals surface area (Å²) in [6, 6.07) is 8.46. The van der Waals surface area contributed by atoms with Gasteiger partial charge < -0.3 is 24.8 Å². The van der Waals surface area contributed by atoms with E-state index in [0.29, 0.717) is 0 Å². The zero-order chi connectivity index (χ0) is 29.6. The smallest absolute Gasteiger partial charge is 0.459 e. The van der Waals surface area contributed by atoms with Crippen LogP contribution in [-0.4, -0.2) is 57.1 Å². The van der Waals surface area contributed by atoms with Gasteiger partial charge in [-0.1, -0.05) is 29.7 Å². The molecular weight excluding hydrogens is 557 g/mol. The number of nitrogen functional groups attached to an aromatic ring is 1. The minimum Gasteiger partial charge on any atom is -0.461 e. The Morgan fingerprint density at radius 3 is 2.71 bits per heavy atom. The van der Waals surface area contributed by atoms with Gasteiger partial charge in [-0.25, -0.2) is 9.36 Å². The molecule has 41 heavy (non-hydrogen) atoms. The van der Waals surface area contributed by atoms with E-state index in [1.165, 1.54) is 26.1 Å². The van der Waals surface area contributed by atoms with Gasteiger partial charge in [-0.2, -0.15) is 10.1 Å². The van der Waals surface area contributed by atoms with E-state index in [1.807, 2.05) is 0 Å². The largest absolute Gasteiger partial charge is 0.461 e. The van der Waals surface area contributed by atoms with Gasteiger partial charge in [0.15, 0.2) is 6.23 Å². The Kier molecular flexibility index (Phi) is 9.69. The third-order valence-electron chi connectivity index (χ3n) is 7.04. The van der Waals surface area contributed by atoms with Gasteiger partial charge in [0.1, 0.15) is 35.4 Å². The van der Waals surface area contributed by atoms with Crippen LogP contribution >= 0.6 is 7.75 Å². The highest BCUT2D eigenvalue weighted by atomic mass is 31.2. The molecule has 222 valence electrons. The SMILES string of the molecule is C[C@H](NP(=O)(OC[C@H]1O[C@@H](n2ccc(N)nc2=O)[C@](C)(N=[N+]=[N-])[C@@H]1O)Oc1ccccc1)C(=O)OC1CCCCC1. The molecule has 4 N–H and O–H groups in total. The number of azide groups is 1. The number of esters is 1. The number of nitrogens with zero attached hydrogens (tertiary/aromatic N) is 5. The number of hydrogen-bond acceptors (Lipinski definition) is 11. The minimum absolute atomic E-state index is 0.0311. The second-order valence-electron chi connectivity index (χ2n) is 10.2. The molecule has 0 amide bonds. The summed E-state index contributed by atoms with van der Waals surface area (Å²) in [6.45, 7) is 2.34. The number of ether oxygens (including phenoxy) is 2. The van der Waals surface area contributed by atoms with Crippen molar-refractivity contribution in [3.05, 3.63) is 63.5 Å². The van der Waals surface area contributed by atoms with E-state index >= 15 is 0 Å². The van der Waals surface area contributed by atoms with Gasteiger partial charge in [0, 0.05) is 11.1 Å². The third kappa shape index (κ3) is 7.25. The van der Waals surface area contributed by atoms with E-state index in [9.17, 15) is 24.8 Å². The number of rotatable bonds is 11. The Balaban J connectivity index is 1.53. The van der Waals surface area contributed by atoms with Gasteiger partial charge in [0.05, 0.1) is 12.7 Å². The van der Waals surface area contributed by atoms with E-state index in [1.54, 1.807) is 30.3 Å². The first-order chi connectivity index (χ1) is 19.5. The standard InChI is InChI=1S/C25H34N7O8P/c1-16(22(34)38-17-9-5-3-6-10-17)29-41(36,40-18-11-7-4-8-12-18)37-15-19-21(33)25(2,30-31-27)23(39-19)32-14-13-20(26)28-24(32)35/h4,7-8,11-14,16-17,19,21,23,33H,3,5-6,9-10,15H2,1-2H3,(H,29,36)(H2,26,28,35)/t16-,19+,21+,23+,25+,41?/m0/s1. The Hall–Kier alpha value is -3.45. The van der Waals surface area contributed by atoms with Crippen LogP contribution in [0.1, 0.15) is 52.2 Å². The number of carbonyl (C=O) groups is 1. The molecule has 2 fully saturated rings. The number of aliphatic hydroxyl groups excluding tert-OH is 1. The van der Waals surface area contributed by atoms with Crippen LogP contribution in [0, 0.1) is 0 Å². The molecule has 0 bridgehead atoms. The fourth-order valence-electron chi connectivity index (χ4n) is 4.81. The number of para-hydroxylation sites is 1. The van der Waals surface area contributed by atoms with Crippen molar-refractivity contribution in [2.24, 2.45) is 5.11 Å². The van der Waals surface area contributed by atoms with E-state index in [2.05, 4.69) is 20.1 Å². The highest BCUT2D eigenvalue weighted by Crippen LogP contribution is 2.47. The summed E-state index contributed by atoms with van der Waals surface area (Å²) in [4.78, 5) is 31.8. The van der Waals surface area contributed by atoms with Gasteiger partial charge in [-0.05, 0) is 63.3 Å². The van der Waals surface area contributed by atoms with Gasteiger partial charge in [-0.15, -0.1) is 0 Å². The predicted octanol–water partition coefficient (Wildman–Crippen LogP) is 3.21. The maximum atomic E-state index is 13.9. The molecule has 2 aromatic rings. The van der Waals surface area contributed by atoms with Crippen LogP contribution in [0.2, 0.25) is 0 Å². The lowest BCUT2D eigenvalue weighted by Gasteiger charge is -2.28. The van der Waals surface area contributed by atoms with Crippen molar-refractivity contribution >= 4 is 19.5 Å². The van der Waals surface area contributed by atoms with E-state index < -0.39 is 56.0 Å². The number of aromatic nitrogens is 2. The van der Waals surface area contributed by atoms with Gasteiger partial charge in [-0.3, -0.25) is 13.9 Å². The normalized spacial score (nSPS) is 26.9. The summed E-state index contributed by atoms with van der Waals surface area (Å²) >= 11 is 0. The zero-order valence-electron chi connectivity index (χ0n) is 22.7. The van der Waals surface area contributed by atoms with Crippen molar-refractivity contribution < 1.29 is 33.0 Å². The molecule has 0 spiro atoms. The maximum Gasteiger partial charge on any atom is 0.459 e. The number of nitrogens with two attached hydrogens (primary N) is 1. The lowest BCUT2D eigenvalue weighted by atomic mass is 9.93. The van der Waals surface area contributed by atoms with E-state index in [4.69, 9.17) is 24.3 Å². The number of benzene rings is 1. The molecule has 6 atom stereocenters. The quantitative estimate of drug-likeness (QED) is 0.113. The van der Waals surface area contributed by atoms with Crippen molar-refractivity contribution in [1.29, 1.82) is 0 Å². The first-order valence-electron chi connectivity index (χ1n) is 13.3. The molecular formula is C25H34N7O8P. The second kappa shape index (κ2) is 13.0. The number of carbonyl (C=O) groups excluding carboxylic acids is 1. The molecule has 1 aliphatic heterocycles. The van der Waals surface area contributed by atoms with Crippen LogP contribution in [0.15, 0.2) is 52.5 Å². The van der Waals surface area contributed by atoms with Crippen LogP contribution in [-0.2, 0) is 23.4 Å². The lowest BCUT2D eigenvalue weighted by Crippen LogP contribution is -2.45. The fraction of sp³-hybridized carbons (Fsp3) is 0.560. The Bertz CT molecular complexity index is 1370. The highest BCUT2D eigenvalue weighted by Gasteiger charge is 2.55. The average molecular weight is 592 g/mol. The average Bonchev–Trinajstić information content (AvgIpc) is 3.18. The topological polar surface area (TPSA) is 213 Å². The van der Waals surface area contributed by atoms with Gasteiger partial charge >= 0.3 is 19.4 Å². The van der Waals surface area contributed by atoms with E-state index in [-0.39, 0.29) is 17.7 Å². The third-order valence-corrected chi connectivity index (χ3v) is 8.68. The lowest BCUT2D eigenvalue weighted by molar-refractivity contribution is -0.152. The van der Waals surface area contributed by atoms with Crippen LogP contribution in [0.3, 0.4) is 0 Å². The number of nitrogens with one attached hydrogen (secondary N) is 1. The van der Waals surface area contributed by atoms with Gasteiger partial charge in [0.2, 0.25) is 0 Å². The molecule has 1 unspecified atom stereocenters. The van der Waals surface area contributed by atoms with Crippen LogP contribution in [0.25, 0.3) is 10.4 Å². The maximum absolute atomic E-state index is 13.9. The van der Waals surface area contributed by atoms with Crippen molar-refractivity contribution in [2.75, 3.05) is 12.3 Å². The Labute approximate surface area is 236 Å². The van der Waals surface area contributed by atoms with Crippen LogP contribution in [0.5, 0.6) is 5.75 Å². The molecule has 4 rings (SSSR count). The molecule has 1 saturated heterocycles. The molecule has 2 heterocycles. The molecule has 1 saturated carbocycles. The molecule has 15 nitrogen and oxygen atoms in total. The van der Waals surface area contributed by atoms with E-state index in [0.717, 1.165) is 36.7 Å². The zero-order valence-corrected chi connectivity index (χ0v) is 23.6. The molecule has 1 aromatic heterocycles. The Morgan fingerprint density at radius 2 is 2.05 bits per heavy atom. The molecule has 1 aromatic carbocycles. The second-order valence-corrected chi connectivity index (χ2v) is 11.9. The summed E-state index contributed by atoms with van der Waals surface area (Å²) in [5, 5.41) is 17.4. The van der Waals surface area contributed by atoms with Crippen molar-refractivity contribution in [3.63, 3.8) is 0 Å². The summed E-state index contributed by atoms with van der Waals surface area (Å²) in [7, 11) is -4.29. The highest BCUT2D eigenvalue weighted by molar-refractivity contribution is 7.52. The number of aliphatic hydroxyl groups is 1. The Morgan fingerprint density at radius 1 is 1.34 bits per heavy atom. The number of hydrogen-bond donors (Lipinski definition) is 3. The van der Waals surface area contributed by atoms with Crippen LogP contribution in [0.4, 0.5) is 5.82 Å². The molecule has 2 aliphatic rings. The van der Waals surface area contributed by atoms with Crippen molar-refractivity contribution in [1.82, 2.24) is 14.6 Å². The van der Waals surface area contributed by atoms with Crippen LogP contribution < -0.4 is 21.0 Å². The predicted molar refractivity (Wildman–Crippen MR) is 147 cm³/mol. The summed E-state index contributed by atoms with van der Waals surface area (Å²) in [5.41, 5.74) is 12.3. The first-order valence-corrected chi connectivity index (χ1v) is 14.8. The minimum atomic E-state index is -4.29. The first kappa shape index (κ1) is 30.5. The summed E-state index contributed by atoms with van der Waals surface area (Å²) in [5.74, 6) is -0.447. The molecule has 16 heteroatoms. The summed E-state index contributed by atoms with van der Waals surface area (Å²) in [6.07, 6.45) is 1.60. The monoisotopic (exact) mass is 591 g/mol. The van der Waals surface area contributed by atoms with Gasteiger partial charge in [0.25, 0.3) is 0 Å².